The first kappa shape index (κ1) is 19.4. The Morgan fingerprint density at radius 2 is 1.39 bits per heavy atom. The van der Waals surface area contributed by atoms with Crippen molar-refractivity contribution in [3.05, 3.63) is 138 Å². The summed E-state index contributed by atoms with van der Waals surface area (Å²) < 4.78 is 0. The molecule has 1 N–H and O–H groups in total. The lowest BCUT2D eigenvalue weighted by Crippen LogP contribution is -2.08. The highest BCUT2D eigenvalue weighted by Gasteiger charge is 2.17. The molecule has 0 spiro atoms. The second-order valence-corrected chi connectivity index (χ2v) is 8.20. The highest BCUT2D eigenvalue weighted by atomic mass is 14.9. The van der Waals surface area contributed by atoms with E-state index in [-0.39, 0.29) is 0 Å². The van der Waals surface area contributed by atoms with Gasteiger partial charge < -0.3 is 5.32 Å². The molecule has 152 valence electrons. The molecule has 1 nitrogen and oxygen atoms in total. The molecule has 2 aliphatic carbocycles. The number of hydrogen-bond acceptors (Lipinski definition) is 1. The van der Waals surface area contributed by atoms with Crippen LogP contribution in [-0.4, -0.2) is 0 Å². The molecule has 0 aliphatic heterocycles. The molecule has 0 saturated heterocycles. The van der Waals surface area contributed by atoms with Crippen LogP contribution in [0.3, 0.4) is 0 Å². The molecule has 1 unspecified atom stereocenters. The molecule has 0 fully saturated rings. The molecule has 31 heavy (non-hydrogen) atoms. The Balaban J connectivity index is 1.45. The van der Waals surface area contributed by atoms with Crippen molar-refractivity contribution in [2.75, 3.05) is 5.32 Å². The average molecular weight is 402 g/mol. The molecule has 0 bridgehead atoms. The van der Waals surface area contributed by atoms with E-state index in [0.29, 0.717) is 5.92 Å². The Labute approximate surface area is 185 Å². The van der Waals surface area contributed by atoms with E-state index in [0.717, 1.165) is 24.9 Å². The van der Waals surface area contributed by atoms with Crippen LogP contribution in [0, 0.1) is 0 Å². The van der Waals surface area contributed by atoms with Crippen LogP contribution in [0.15, 0.2) is 121 Å². The van der Waals surface area contributed by atoms with E-state index >= 15 is 0 Å². The summed E-state index contributed by atoms with van der Waals surface area (Å²) in [7, 11) is 0. The summed E-state index contributed by atoms with van der Waals surface area (Å²) in [6, 6.07) is 30.4. The van der Waals surface area contributed by atoms with Crippen molar-refractivity contribution in [3.8, 4) is 0 Å². The smallest absolute Gasteiger partial charge is 0.0382 e. The van der Waals surface area contributed by atoms with E-state index < -0.39 is 0 Å². The largest absolute Gasteiger partial charge is 0.358 e. The Hall–Kier alpha value is -3.58. The monoisotopic (exact) mass is 401 g/mol. The zero-order valence-corrected chi connectivity index (χ0v) is 17.7. The zero-order valence-electron chi connectivity index (χ0n) is 17.7. The molecule has 1 atom stereocenters. The van der Waals surface area contributed by atoms with E-state index in [9.17, 15) is 0 Å². The molecular weight excluding hydrogens is 374 g/mol. The SMILES string of the molecule is C1=CCC(c2ccc(NC3=C(c4ccccc4)C=C(c4ccccc4)CC3)cc2)C=C1. The van der Waals surface area contributed by atoms with Gasteiger partial charge in [-0.05, 0) is 59.7 Å². The summed E-state index contributed by atoms with van der Waals surface area (Å²) in [4.78, 5) is 0. The number of allylic oxidation sites excluding steroid dienone is 8. The Kier molecular flexibility index (Phi) is 5.66. The highest BCUT2D eigenvalue weighted by molar-refractivity contribution is 5.89. The minimum atomic E-state index is 0.490. The third-order valence-electron chi connectivity index (χ3n) is 6.13. The fraction of sp³-hybridized carbons (Fsp3) is 0.133. The number of benzene rings is 3. The van der Waals surface area contributed by atoms with Gasteiger partial charge in [0.15, 0.2) is 0 Å². The summed E-state index contributed by atoms with van der Waals surface area (Å²) in [6.45, 7) is 0. The van der Waals surface area contributed by atoms with Crippen LogP contribution in [0.4, 0.5) is 5.69 Å². The number of anilines is 1. The van der Waals surface area contributed by atoms with Crippen molar-refractivity contribution < 1.29 is 0 Å². The lowest BCUT2D eigenvalue weighted by atomic mass is 9.88. The van der Waals surface area contributed by atoms with Crippen molar-refractivity contribution >= 4 is 16.8 Å². The Bertz CT molecular complexity index is 1150. The predicted octanol–water partition coefficient (Wildman–Crippen LogP) is 7.99. The maximum Gasteiger partial charge on any atom is 0.0382 e. The lowest BCUT2D eigenvalue weighted by molar-refractivity contribution is 0.854. The van der Waals surface area contributed by atoms with Crippen LogP contribution in [-0.2, 0) is 0 Å². The summed E-state index contributed by atoms with van der Waals surface area (Å²) in [5, 5.41) is 3.73. The standard InChI is InChI=1S/C30H27N/c1-4-10-23(11-5-1)25-16-19-28(20-17-25)31-30-21-18-27(24-12-6-2-7-13-24)22-29(30)26-14-8-3-9-15-26/h1-10,12-17,19-20,22-23,31H,11,18,21H2. The predicted molar refractivity (Wildman–Crippen MR) is 133 cm³/mol. The van der Waals surface area contributed by atoms with Gasteiger partial charge in [0, 0.05) is 22.9 Å². The summed E-state index contributed by atoms with van der Waals surface area (Å²) in [5.74, 6) is 0.490. The molecule has 0 aromatic heterocycles. The van der Waals surface area contributed by atoms with E-state index in [2.05, 4.69) is 121 Å². The molecule has 0 heterocycles. The minimum absolute atomic E-state index is 0.490. The third kappa shape index (κ3) is 4.46. The number of hydrogen-bond donors (Lipinski definition) is 1. The van der Waals surface area contributed by atoms with E-state index in [1.807, 2.05) is 0 Å². The van der Waals surface area contributed by atoms with Crippen molar-refractivity contribution in [3.63, 3.8) is 0 Å². The van der Waals surface area contributed by atoms with E-state index in [1.54, 1.807) is 0 Å². The van der Waals surface area contributed by atoms with Crippen molar-refractivity contribution in [2.45, 2.75) is 25.2 Å². The maximum absolute atomic E-state index is 3.73. The Morgan fingerprint density at radius 3 is 2.06 bits per heavy atom. The lowest BCUT2D eigenvalue weighted by Gasteiger charge is -2.23. The summed E-state index contributed by atoms with van der Waals surface area (Å²) in [5.41, 5.74) is 9.08. The molecule has 3 aromatic carbocycles. The third-order valence-corrected chi connectivity index (χ3v) is 6.13. The van der Waals surface area contributed by atoms with Gasteiger partial charge in [0.25, 0.3) is 0 Å². The van der Waals surface area contributed by atoms with Crippen LogP contribution in [0.2, 0.25) is 0 Å². The second-order valence-electron chi connectivity index (χ2n) is 8.20. The average Bonchev–Trinajstić information content (AvgIpc) is 2.86. The molecule has 0 radical (unpaired) electrons. The first-order valence-corrected chi connectivity index (χ1v) is 11.1. The molecular formula is C30H27N. The molecule has 5 rings (SSSR count). The van der Waals surface area contributed by atoms with Gasteiger partial charge in [-0.15, -0.1) is 0 Å². The van der Waals surface area contributed by atoms with Gasteiger partial charge in [0.05, 0.1) is 0 Å². The van der Waals surface area contributed by atoms with Crippen LogP contribution < -0.4 is 5.32 Å². The maximum atomic E-state index is 3.73. The molecule has 1 heteroatoms. The van der Waals surface area contributed by atoms with Gasteiger partial charge in [-0.25, -0.2) is 0 Å². The topological polar surface area (TPSA) is 12.0 Å². The normalized spacial score (nSPS) is 18.1. The van der Waals surface area contributed by atoms with Gasteiger partial charge in [-0.3, -0.25) is 0 Å². The number of nitrogens with one attached hydrogen (secondary N) is 1. The van der Waals surface area contributed by atoms with Crippen LogP contribution in [0.5, 0.6) is 0 Å². The molecule has 0 amide bonds. The fourth-order valence-corrected chi connectivity index (χ4v) is 4.43. The summed E-state index contributed by atoms with van der Waals surface area (Å²) in [6.07, 6.45) is 14.3. The van der Waals surface area contributed by atoms with Crippen molar-refractivity contribution in [1.29, 1.82) is 0 Å². The van der Waals surface area contributed by atoms with Gasteiger partial charge in [-0.1, -0.05) is 97.1 Å². The first-order valence-electron chi connectivity index (χ1n) is 11.1. The van der Waals surface area contributed by atoms with Gasteiger partial charge in [0.1, 0.15) is 0 Å². The van der Waals surface area contributed by atoms with E-state index in [1.165, 1.54) is 33.5 Å². The van der Waals surface area contributed by atoms with Crippen LogP contribution in [0.25, 0.3) is 11.1 Å². The zero-order chi connectivity index (χ0) is 20.9. The van der Waals surface area contributed by atoms with Crippen LogP contribution >= 0.6 is 0 Å². The van der Waals surface area contributed by atoms with Gasteiger partial charge >= 0.3 is 0 Å². The second kappa shape index (κ2) is 9.06. The highest BCUT2D eigenvalue weighted by Crippen LogP contribution is 2.36. The van der Waals surface area contributed by atoms with Crippen molar-refractivity contribution in [2.24, 2.45) is 0 Å². The Morgan fingerprint density at radius 1 is 0.677 bits per heavy atom. The minimum Gasteiger partial charge on any atom is -0.358 e. The molecule has 3 aromatic rings. The number of rotatable bonds is 5. The first-order chi connectivity index (χ1) is 15.4. The molecule has 0 saturated carbocycles. The van der Waals surface area contributed by atoms with Crippen molar-refractivity contribution in [1.82, 2.24) is 0 Å². The van der Waals surface area contributed by atoms with Gasteiger partial charge in [0.2, 0.25) is 0 Å². The fourth-order valence-electron chi connectivity index (χ4n) is 4.43. The molecule has 2 aliphatic rings. The van der Waals surface area contributed by atoms with Crippen LogP contribution in [0.1, 0.15) is 41.9 Å². The van der Waals surface area contributed by atoms with Gasteiger partial charge in [-0.2, -0.15) is 0 Å². The quantitative estimate of drug-likeness (QED) is 0.457. The summed E-state index contributed by atoms with van der Waals surface area (Å²) >= 11 is 0. The van der Waals surface area contributed by atoms with E-state index in [4.69, 9.17) is 0 Å².